The van der Waals surface area contributed by atoms with Gasteiger partial charge >= 0.3 is 0 Å². The minimum atomic E-state index is -0.833. The Balaban J connectivity index is 0.000000765. The summed E-state index contributed by atoms with van der Waals surface area (Å²) in [4.78, 5) is 19.7. The van der Waals surface area contributed by atoms with Crippen molar-refractivity contribution in [1.29, 1.82) is 0 Å². The summed E-state index contributed by atoms with van der Waals surface area (Å²) in [7, 11) is 0. The van der Waals surface area contributed by atoms with Gasteiger partial charge in [0.05, 0.1) is 4.92 Å². The standard InChI is InChI=1S/C14H14N6O2.C2H4O2/c15-14(16)18-17-9-3-5-11-6-4-10-19(11)12-7-1-2-8-13(12)20(21)22;1-2(3)4/h1-10H,(H4,15,16,18);1H3,(H,3,4)/b5-3+,17-9-;. The van der Waals surface area contributed by atoms with Crippen molar-refractivity contribution in [2.75, 3.05) is 0 Å². The third kappa shape index (κ3) is 6.66. The highest BCUT2D eigenvalue weighted by molar-refractivity contribution is 5.80. The van der Waals surface area contributed by atoms with Gasteiger partial charge < -0.3 is 21.1 Å². The average Bonchev–Trinajstić information content (AvgIpc) is 3.02. The van der Waals surface area contributed by atoms with E-state index in [-0.39, 0.29) is 11.6 Å². The van der Waals surface area contributed by atoms with Crippen LogP contribution in [0, 0.1) is 10.1 Å². The Kier molecular flexibility index (Phi) is 7.75. The van der Waals surface area contributed by atoms with Crippen LogP contribution >= 0.6 is 0 Å². The van der Waals surface area contributed by atoms with Crippen molar-refractivity contribution >= 4 is 29.9 Å². The number of allylic oxidation sites excluding steroid dienone is 1. The number of aromatic nitrogens is 1. The monoisotopic (exact) mass is 358 g/mol. The van der Waals surface area contributed by atoms with Crippen LogP contribution in [0.4, 0.5) is 5.69 Å². The Bertz CT molecular complexity index is 846. The normalized spacial score (nSPS) is 10.3. The largest absolute Gasteiger partial charge is 0.481 e. The van der Waals surface area contributed by atoms with Crippen LogP contribution in [0.5, 0.6) is 0 Å². The number of nitrogens with two attached hydrogens (primary N) is 2. The molecule has 10 heteroatoms. The number of guanidine groups is 1. The molecule has 0 aliphatic rings. The van der Waals surface area contributed by atoms with Crippen molar-refractivity contribution in [1.82, 2.24) is 4.57 Å². The van der Waals surface area contributed by atoms with Crippen molar-refractivity contribution in [2.45, 2.75) is 6.92 Å². The number of nitro benzene ring substituents is 1. The second-order valence-electron chi connectivity index (χ2n) is 4.72. The fourth-order valence-corrected chi connectivity index (χ4v) is 1.85. The number of carbonyl (C=O) groups is 1. The Morgan fingerprint density at radius 2 is 1.92 bits per heavy atom. The molecule has 1 aromatic heterocycles. The number of carboxylic acids is 1. The van der Waals surface area contributed by atoms with Gasteiger partial charge in [-0.1, -0.05) is 12.1 Å². The van der Waals surface area contributed by atoms with Gasteiger partial charge in [-0.05, 0) is 30.4 Å². The molecule has 0 spiro atoms. The molecule has 0 saturated carbocycles. The van der Waals surface area contributed by atoms with Gasteiger partial charge in [0.1, 0.15) is 5.69 Å². The average molecular weight is 358 g/mol. The second kappa shape index (κ2) is 10.0. The smallest absolute Gasteiger partial charge is 0.300 e. The molecule has 0 atom stereocenters. The molecule has 10 nitrogen and oxygen atoms in total. The number of carboxylic acid groups (broad SMARTS) is 1. The highest BCUT2D eigenvalue weighted by Crippen LogP contribution is 2.24. The SMILES string of the molecule is CC(=O)O.NC(N)=N/N=C\C=C\c1cccn1-c1ccccc1[N+](=O)[O-]. The van der Waals surface area contributed by atoms with Crippen LogP contribution in [0.2, 0.25) is 0 Å². The number of benzene rings is 1. The minimum absolute atomic E-state index is 0.0301. The van der Waals surface area contributed by atoms with E-state index in [1.807, 2.05) is 6.07 Å². The topological polar surface area (TPSA) is 162 Å². The van der Waals surface area contributed by atoms with Gasteiger partial charge in [0.25, 0.3) is 11.7 Å². The van der Waals surface area contributed by atoms with Crippen LogP contribution < -0.4 is 11.5 Å². The van der Waals surface area contributed by atoms with Crippen LogP contribution in [-0.2, 0) is 4.79 Å². The van der Waals surface area contributed by atoms with E-state index in [2.05, 4.69) is 10.2 Å². The molecule has 0 fully saturated rings. The third-order valence-corrected chi connectivity index (χ3v) is 2.71. The molecule has 1 heterocycles. The van der Waals surface area contributed by atoms with Crippen LogP contribution in [0.1, 0.15) is 12.6 Å². The van der Waals surface area contributed by atoms with Crippen LogP contribution in [0.25, 0.3) is 11.8 Å². The maximum atomic E-state index is 11.1. The van der Waals surface area contributed by atoms with Gasteiger partial charge in [0.2, 0.25) is 5.96 Å². The molecule has 0 amide bonds. The lowest BCUT2D eigenvalue weighted by molar-refractivity contribution is -0.384. The van der Waals surface area contributed by atoms with Crippen molar-refractivity contribution < 1.29 is 14.8 Å². The van der Waals surface area contributed by atoms with Crippen molar-refractivity contribution in [3.05, 3.63) is 64.5 Å². The fraction of sp³-hybridized carbons (Fsp3) is 0.0625. The van der Waals surface area contributed by atoms with Crippen molar-refractivity contribution in [2.24, 2.45) is 21.7 Å². The molecule has 2 aromatic rings. The van der Waals surface area contributed by atoms with Crippen LogP contribution in [0.3, 0.4) is 0 Å². The molecule has 26 heavy (non-hydrogen) atoms. The number of rotatable bonds is 5. The first-order valence-corrected chi connectivity index (χ1v) is 7.22. The highest BCUT2D eigenvalue weighted by atomic mass is 16.6. The predicted molar refractivity (Wildman–Crippen MR) is 99.1 cm³/mol. The van der Waals surface area contributed by atoms with E-state index >= 15 is 0 Å². The number of aliphatic carboxylic acids is 1. The fourth-order valence-electron chi connectivity index (χ4n) is 1.85. The van der Waals surface area contributed by atoms with Gasteiger partial charge in [-0.3, -0.25) is 14.9 Å². The summed E-state index contributed by atoms with van der Waals surface area (Å²) in [6.07, 6.45) is 6.53. The minimum Gasteiger partial charge on any atom is -0.481 e. The van der Waals surface area contributed by atoms with Gasteiger partial charge in [-0.25, -0.2) is 0 Å². The van der Waals surface area contributed by atoms with E-state index in [1.54, 1.807) is 47.2 Å². The first-order valence-electron chi connectivity index (χ1n) is 7.22. The summed E-state index contributed by atoms with van der Waals surface area (Å²) in [5, 5.41) is 25.6. The van der Waals surface area contributed by atoms with E-state index in [1.165, 1.54) is 12.3 Å². The van der Waals surface area contributed by atoms with Gasteiger partial charge in [0, 0.05) is 31.1 Å². The van der Waals surface area contributed by atoms with Crippen LogP contribution in [-0.4, -0.2) is 32.7 Å². The Morgan fingerprint density at radius 1 is 1.27 bits per heavy atom. The maximum absolute atomic E-state index is 11.1. The summed E-state index contributed by atoms with van der Waals surface area (Å²) in [5.74, 6) is -0.965. The molecule has 0 aliphatic heterocycles. The lowest BCUT2D eigenvalue weighted by Gasteiger charge is -2.06. The number of nitrogens with zero attached hydrogens (tertiary/aromatic N) is 4. The van der Waals surface area contributed by atoms with E-state index in [0.717, 1.165) is 12.6 Å². The number of hydrogen-bond acceptors (Lipinski definition) is 5. The quantitative estimate of drug-likeness (QED) is 0.319. The van der Waals surface area contributed by atoms with Gasteiger partial charge in [-0.15, -0.1) is 5.10 Å². The molecule has 0 unspecified atom stereocenters. The van der Waals surface area contributed by atoms with Gasteiger partial charge in [0.15, 0.2) is 0 Å². The van der Waals surface area contributed by atoms with Crippen molar-refractivity contribution in [3.63, 3.8) is 0 Å². The third-order valence-electron chi connectivity index (χ3n) is 2.71. The Morgan fingerprint density at radius 3 is 2.54 bits per heavy atom. The molecular weight excluding hydrogens is 340 g/mol. The van der Waals surface area contributed by atoms with E-state index in [4.69, 9.17) is 21.4 Å². The molecule has 1 aromatic carbocycles. The van der Waals surface area contributed by atoms with Crippen LogP contribution in [0.15, 0.2) is 58.9 Å². The molecule has 136 valence electrons. The molecule has 0 saturated heterocycles. The van der Waals surface area contributed by atoms with E-state index < -0.39 is 10.9 Å². The lowest BCUT2D eigenvalue weighted by Crippen LogP contribution is -2.21. The highest BCUT2D eigenvalue weighted by Gasteiger charge is 2.14. The molecule has 0 radical (unpaired) electrons. The number of hydrogen-bond donors (Lipinski definition) is 3. The first kappa shape index (κ1) is 20.1. The zero-order valence-corrected chi connectivity index (χ0v) is 13.9. The van der Waals surface area contributed by atoms with Crippen molar-refractivity contribution in [3.8, 4) is 5.69 Å². The number of nitro groups is 1. The maximum Gasteiger partial charge on any atom is 0.300 e. The van der Waals surface area contributed by atoms with E-state index in [9.17, 15) is 10.1 Å². The summed E-state index contributed by atoms with van der Waals surface area (Å²) in [6.45, 7) is 1.08. The first-order chi connectivity index (χ1) is 12.3. The summed E-state index contributed by atoms with van der Waals surface area (Å²) in [5.41, 5.74) is 11.5. The van der Waals surface area contributed by atoms with Gasteiger partial charge in [-0.2, -0.15) is 5.10 Å². The Hall–Kier alpha value is -3.95. The molecule has 0 bridgehead atoms. The predicted octanol–water partition coefficient (Wildman–Crippen LogP) is 1.75. The molecule has 5 N–H and O–H groups in total. The zero-order valence-electron chi connectivity index (χ0n) is 13.9. The zero-order chi connectivity index (χ0) is 19.5. The lowest BCUT2D eigenvalue weighted by atomic mass is 10.2. The Labute approximate surface area is 148 Å². The summed E-state index contributed by atoms with van der Waals surface area (Å²) >= 11 is 0. The number of para-hydroxylation sites is 2. The summed E-state index contributed by atoms with van der Waals surface area (Å²) in [6, 6.07) is 10.1. The molecular formula is C16H18N6O4. The molecule has 2 rings (SSSR count). The molecule has 0 aliphatic carbocycles. The summed E-state index contributed by atoms with van der Waals surface area (Å²) < 4.78 is 1.71. The second-order valence-corrected chi connectivity index (χ2v) is 4.72. The van der Waals surface area contributed by atoms with E-state index in [0.29, 0.717) is 5.69 Å².